The molecule has 4 nitrogen and oxygen atoms in total. The van der Waals surface area contributed by atoms with Crippen molar-refractivity contribution >= 4 is 6.16 Å². The molecule has 0 aliphatic carbocycles. The van der Waals surface area contributed by atoms with Crippen LogP contribution >= 0.6 is 0 Å². The molecular weight excluding hydrogens is 290 g/mol. The SMILES string of the molecule is CCCCCCCCCCCCC(C)OC(=O)OC1CCCN1. The van der Waals surface area contributed by atoms with Crippen LogP contribution in [0.4, 0.5) is 4.79 Å². The molecule has 23 heavy (non-hydrogen) atoms. The number of hydrogen-bond donors (Lipinski definition) is 1. The molecule has 0 radical (unpaired) electrons. The van der Waals surface area contributed by atoms with Gasteiger partial charge in [0.05, 0.1) is 0 Å². The van der Waals surface area contributed by atoms with Crippen LogP contribution in [-0.4, -0.2) is 25.0 Å². The molecule has 0 aromatic rings. The van der Waals surface area contributed by atoms with Gasteiger partial charge in [-0.1, -0.05) is 64.7 Å². The minimum Gasteiger partial charge on any atom is -0.431 e. The molecule has 1 heterocycles. The van der Waals surface area contributed by atoms with Gasteiger partial charge in [-0.05, 0) is 39.2 Å². The molecule has 1 N–H and O–H groups in total. The standard InChI is InChI=1S/C19H37NO3/c1-3-4-5-6-7-8-9-10-11-12-14-17(2)22-19(21)23-18-15-13-16-20-18/h17-18,20H,3-16H2,1-2H3. The van der Waals surface area contributed by atoms with Gasteiger partial charge >= 0.3 is 6.16 Å². The summed E-state index contributed by atoms with van der Waals surface area (Å²) < 4.78 is 10.5. The summed E-state index contributed by atoms with van der Waals surface area (Å²) in [6.45, 7) is 5.14. The summed E-state index contributed by atoms with van der Waals surface area (Å²) >= 11 is 0. The Balaban J connectivity index is 1.85. The first kappa shape index (κ1) is 20.3. The zero-order valence-electron chi connectivity index (χ0n) is 15.3. The summed E-state index contributed by atoms with van der Waals surface area (Å²) in [6, 6.07) is 0. The van der Waals surface area contributed by atoms with E-state index in [9.17, 15) is 4.79 Å². The number of carbonyl (C=O) groups is 1. The zero-order valence-corrected chi connectivity index (χ0v) is 15.3. The second kappa shape index (κ2) is 13.6. The van der Waals surface area contributed by atoms with Crippen LogP contribution < -0.4 is 5.32 Å². The Morgan fingerprint density at radius 1 is 1.04 bits per heavy atom. The Bertz CT molecular complexity index is 290. The number of ether oxygens (including phenoxy) is 2. The molecule has 2 unspecified atom stereocenters. The Labute approximate surface area is 142 Å². The van der Waals surface area contributed by atoms with Gasteiger partial charge in [-0.2, -0.15) is 0 Å². The van der Waals surface area contributed by atoms with E-state index in [0.29, 0.717) is 0 Å². The van der Waals surface area contributed by atoms with E-state index in [1.807, 2.05) is 6.92 Å². The lowest BCUT2D eigenvalue weighted by atomic mass is 10.1. The van der Waals surface area contributed by atoms with Crippen molar-refractivity contribution in [1.29, 1.82) is 0 Å². The number of unbranched alkanes of at least 4 members (excludes halogenated alkanes) is 9. The lowest BCUT2D eigenvalue weighted by Gasteiger charge is -2.16. The molecule has 0 aromatic carbocycles. The normalized spacial score (nSPS) is 18.8. The highest BCUT2D eigenvalue weighted by molar-refractivity contribution is 5.60. The van der Waals surface area contributed by atoms with E-state index in [1.165, 1.54) is 57.8 Å². The van der Waals surface area contributed by atoms with Gasteiger partial charge in [-0.25, -0.2) is 4.79 Å². The lowest BCUT2D eigenvalue weighted by molar-refractivity contribution is -0.00330. The fourth-order valence-corrected chi connectivity index (χ4v) is 3.04. The van der Waals surface area contributed by atoms with Gasteiger partial charge in [0.1, 0.15) is 6.10 Å². The Morgan fingerprint density at radius 3 is 2.22 bits per heavy atom. The Morgan fingerprint density at radius 2 is 1.65 bits per heavy atom. The summed E-state index contributed by atoms with van der Waals surface area (Å²) in [5.41, 5.74) is 0. The molecule has 1 aliphatic heterocycles. The predicted molar refractivity (Wildman–Crippen MR) is 94.5 cm³/mol. The largest absolute Gasteiger partial charge is 0.510 e. The molecule has 136 valence electrons. The van der Waals surface area contributed by atoms with Crippen molar-refractivity contribution in [2.45, 2.75) is 110 Å². The van der Waals surface area contributed by atoms with Crippen LogP contribution in [0.15, 0.2) is 0 Å². The van der Waals surface area contributed by atoms with E-state index in [1.54, 1.807) is 0 Å². The van der Waals surface area contributed by atoms with Gasteiger partial charge in [-0.3, -0.25) is 5.32 Å². The van der Waals surface area contributed by atoms with Crippen LogP contribution in [0.25, 0.3) is 0 Å². The first-order valence-electron chi connectivity index (χ1n) is 9.83. The zero-order chi connectivity index (χ0) is 16.8. The average Bonchev–Trinajstić information content (AvgIpc) is 3.01. The molecule has 4 heteroatoms. The summed E-state index contributed by atoms with van der Waals surface area (Å²) in [5, 5.41) is 3.13. The summed E-state index contributed by atoms with van der Waals surface area (Å²) in [4.78, 5) is 11.6. The van der Waals surface area contributed by atoms with Crippen LogP contribution in [0.1, 0.15) is 97.3 Å². The Hall–Kier alpha value is -0.770. The van der Waals surface area contributed by atoms with Crippen molar-refractivity contribution in [2.75, 3.05) is 6.54 Å². The van der Waals surface area contributed by atoms with Gasteiger partial charge in [0, 0.05) is 0 Å². The molecule has 0 bridgehead atoms. The third-order valence-corrected chi connectivity index (χ3v) is 4.52. The minimum atomic E-state index is -0.524. The van der Waals surface area contributed by atoms with E-state index >= 15 is 0 Å². The van der Waals surface area contributed by atoms with Crippen LogP contribution in [-0.2, 0) is 9.47 Å². The maximum Gasteiger partial charge on any atom is 0.510 e. The van der Waals surface area contributed by atoms with Crippen LogP contribution in [0.3, 0.4) is 0 Å². The number of carbonyl (C=O) groups excluding carboxylic acids is 1. The summed E-state index contributed by atoms with van der Waals surface area (Å²) in [7, 11) is 0. The van der Waals surface area contributed by atoms with E-state index < -0.39 is 6.16 Å². The number of nitrogens with one attached hydrogen (secondary N) is 1. The van der Waals surface area contributed by atoms with Gasteiger partial charge in [0.15, 0.2) is 6.23 Å². The molecule has 0 saturated carbocycles. The molecule has 1 saturated heterocycles. The molecule has 0 spiro atoms. The average molecular weight is 328 g/mol. The van der Waals surface area contributed by atoms with E-state index in [0.717, 1.165) is 32.2 Å². The molecule has 1 rings (SSSR count). The van der Waals surface area contributed by atoms with Crippen LogP contribution in [0, 0.1) is 0 Å². The molecule has 2 atom stereocenters. The third-order valence-electron chi connectivity index (χ3n) is 4.52. The van der Waals surface area contributed by atoms with Crippen molar-refractivity contribution < 1.29 is 14.3 Å². The van der Waals surface area contributed by atoms with Crippen LogP contribution in [0.5, 0.6) is 0 Å². The van der Waals surface area contributed by atoms with Crippen molar-refractivity contribution in [3.05, 3.63) is 0 Å². The second-order valence-corrected chi connectivity index (χ2v) is 6.85. The molecule has 1 fully saturated rings. The smallest absolute Gasteiger partial charge is 0.431 e. The highest BCUT2D eigenvalue weighted by atomic mass is 16.7. The van der Waals surface area contributed by atoms with Crippen molar-refractivity contribution in [1.82, 2.24) is 5.32 Å². The monoisotopic (exact) mass is 327 g/mol. The summed E-state index contributed by atoms with van der Waals surface area (Å²) in [6.07, 6.45) is 15.5. The quantitative estimate of drug-likeness (QED) is 0.356. The first-order chi connectivity index (χ1) is 11.2. The van der Waals surface area contributed by atoms with Crippen LogP contribution in [0.2, 0.25) is 0 Å². The van der Waals surface area contributed by atoms with Gasteiger partial charge in [0.25, 0.3) is 0 Å². The molecule has 0 aromatic heterocycles. The maximum atomic E-state index is 11.6. The topological polar surface area (TPSA) is 47.6 Å². The summed E-state index contributed by atoms with van der Waals surface area (Å²) in [5.74, 6) is 0. The highest BCUT2D eigenvalue weighted by Gasteiger charge is 2.20. The Kier molecular flexibility index (Phi) is 12.0. The second-order valence-electron chi connectivity index (χ2n) is 6.85. The molecular formula is C19H37NO3. The predicted octanol–water partition coefficient (Wildman–Crippen LogP) is 5.55. The van der Waals surface area contributed by atoms with Crippen molar-refractivity contribution in [2.24, 2.45) is 0 Å². The van der Waals surface area contributed by atoms with E-state index in [4.69, 9.17) is 9.47 Å². The fourth-order valence-electron chi connectivity index (χ4n) is 3.04. The maximum absolute atomic E-state index is 11.6. The van der Waals surface area contributed by atoms with E-state index in [-0.39, 0.29) is 12.3 Å². The van der Waals surface area contributed by atoms with Crippen molar-refractivity contribution in [3.63, 3.8) is 0 Å². The fraction of sp³-hybridized carbons (Fsp3) is 0.947. The third kappa shape index (κ3) is 11.4. The van der Waals surface area contributed by atoms with Gasteiger partial charge in [-0.15, -0.1) is 0 Å². The highest BCUT2D eigenvalue weighted by Crippen LogP contribution is 2.14. The van der Waals surface area contributed by atoms with Gasteiger partial charge < -0.3 is 9.47 Å². The van der Waals surface area contributed by atoms with Crippen molar-refractivity contribution in [3.8, 4) is 0 Å². The molecule has 0 amide bonds. The minimum absolute atomic E-state index is 0.0436. The first-order valence-corrected chi connectivity index (χ1v) is 9.83. The number of rotatable bonds is 13. The lowest BCUT2D eigenvalue weighted by Crippen LogP contribution is -2.29. The van der Waals surface area contributed by atoms with Gasteiger partial charge in [0.2, 0.25) is 0 Å². The van der Waals surface area contributed by atoms with E-state index in [2.05, 4.69) is 12.2 Å². The molecule has 1 aliphatic rings. The number of hydrogen-bond acceptors (Lipinski definition) is 4.